The maximum atomic E-state index is 12.6. The van der Waals surface area contributed by atoms with E-state index in [0.29, 0.717) is 6.07 Å². The van der Waals surface area contributed by atoms with Crippen LogP contribution in [0.2, 0.25) is 0 Å². The Bertz CT molecular complexity index is 462. The molecule has 0 bridgehead atoms. The van der Waals surface area contributed by atoms with Gasteiger partial charge in [0.2, 0.25) is 0 Å². The van der Waals surface area contributed by atoms with Crippen molar-refractivity contribution in [2.24, 2.45) is 0 Å². The lowest BCUT2D eigenvalue weighted by Gasteiger charge is -2.13. The van der Waals surface area contributed by atoms with Gasteiger partial charge in [0.15, 0.2) is 5.78 Å². The summed E-state index contributed by atoms with van der Waals surface area (Å²) in [7, 11) is 0. The third-order valence-electron chi connectivity index (χ3n) is 1.95. The average Bonchev–Trinajstić information content (AvgIpc) is 2.13. The first-order chi connectivity index (χ1) is 8.00. The predicted molar refractivity (Wildman–Crippen MR) is 54.1 cm³/mol. The Hall–Kier alpha value is -1.05. The predicted octanol–water partition coefficient (Wildman–Crippen LogP) is 4.60. The molecule has 0 N–H and O–H groups in total. The van der Waals surface area contributed by atoms with Gasteiger partial charge >= 0.3 is 12.4 Å². The van der Waals surface area contributed by atoms with Crippen LogP contribution in [0, 0.1) is 0 Å². The maximum Gasteiger partial charge on any atom is 0.417 e. The smallest absolute Gasteiger partial charge is 0.294 e. The first-order valence-corrected chi connectivity index (χ1v) is 5.27. The quantitative estimate of drug-likeness (QED) is 0.570. The van der Waals surface area contributed by atoms with Crippen molar-refractivity contribution in [2.75, 3.05) is 0 Å². The molecule has 0 aromatic heterocycles. The van der Waals surface area contributed by atoms with Crippen molar-refractivity contribution in [1.29, 1.82) is 0 Å². The van der Waals surface area contributed by atoms with Gasteiger partial charge in [0.1, 0.15) is 6.42 Å². The Morgan fingerprint density at radius 1 is 1.11 bits per heavy atom. The van der Waals surface area contributed by atoms with Gasteiger partial charge in [-0.1, -0.05) is 15.9 Å². The molecule has 0 atom stereocenters. The Labute approximate surface area is 106 Å². The number of ketones is 1. The summed E-state index contributed by atoms with van der Waals surface area (Å²) in [6, 6.07) is 2.38. The summed E-state index contributed by atoms with van der Waals surface area (Å²) < 4.78 is 73.7. The molecule has 0 radical (unpaired) electrons. The van der Waals surface area contributed by atoms with Gasteiger partial charge in [0.25, 0.3) is 0 Å². The second-order valence-electron chi connectivity index (χ2n) is 3.40. The second-order valence-corrected chi connectivity index (χ2v) is 4.32. The Kier molecular flexibility index (Phi) is 4.09. The fourth-order valence-electron chi connectivity index (χ4n) is 1.27. The van der Waals surface area contributed by atoms with Crippen molar-refractivity contribution in [2.45, 2.75) is 18.8 Å². The Morgan fingerprint density at radius 3 is 2.11 bits per heavy atom. The summed E-state index contributed by atoms with van der Waals surface area (Å²) in [6.07, 6.45) is -11.6. The minimum Gasteiger partial charge on any atom is -0.294 e. The number of Topliss-reactive ketones (excluding diaryl/α,β-unsaturated/α-hetero) is 1. The number of hydrogen-bond donors (Lipinski definition) is 0. The molecule has 0 fully saturated rings. The van der Waals surface area contributed by atoms with E-state index >= 15 is 0 Å². The van der Waals surface area contributed by atoms with Gasteiger partial charge in [-0.05, 0) is 18.2 Å². The van der Waals surface area contributed by atoms with Crippen LogP contribution in [0.15, 0.2) is 22.7 Å². The fourth-order valence-corrected chi connectivity index (χ4v) is 1.63. The van der Waals surface area contributed by atoms with E-state index in [4.69, 9.17) is 0 Å². The van der Waals surface area contributed by atoms with E-state index in [1.165, 1.54) is 0 Å². The highest BCUT2D eigenvalue weighted by Gasteiger charge is 2.38. The zero-order valence-electron chi connectivity index (χ0n) is 8.49. The van der Waals surface area contributed by atoms with Crippen LogP contribution < -0.4 is 0 Å². The van der Waals surface area contributed by atoms with Crippen LogP contribution in [-0.4, -0.2) is 12.0 Å². The van der Waals surface area contributed by atoms with Crippen LogP contribution >= 0.6 is 15.9 Å². The van der Waals surface area contributed by atoms with Gasteiger partial charge < -0.3 is 0 Å². The van der Waals surface area contributed by atoms with E-state index in [1.807, 2.05) is 0 Å². The van der Waals surface area contributed by atoms with E-state index in [9.17, 15) is 31.1 Å². The molecule has 0 amide bonds. The Morgan fingerprint density at radius 2 is 1.67 bits per heavy atom. The van der Waals surface area contributed by atoms with E-state index in [-0.39, 0.29) is 4.47 Å². The van der Waals surface area contributed by atoms with E-state index in [2.05, 4.69) is 15.9 Å². The molecule has 0 heterocycles. The highest BCUT2D eigenvalue weighted by Crippen LogP contribution is 2.35. The molecule has 1 nitrogen and oxygen atoms in total. The number of hydrogen-bond acceptors (Lipinski definition) is 1. The lowest BCUT2D eigenvalue weighted by molar-refractivity contribution is -0.139. The van der Waals surface area contributed by atoms with Gasteiger partial charge in [0.05, 0.1) is 5.56 Å². The van der Waals surface area contributed by atoms with Gasteiger partial charge in [0, 0.05) is 10.0 Å². The molecular weight excluding hydrogens is 330 g/mol. The number of rotatable bonds is 2. The highest BCUT2D eigenvalue weighted by atomic mass is 79.9. The number of carbonyl (C=O) groups excluding carboxylic acids is 1. The number of halogens is 7. The van der Waals surface area contributed by atoms with E-state index < -0.39 is 35.7 Å². The molecule has 0 aliphatic carbocycles. The van der Waals surface area contributed by atoms with Crippen LogP contribution in [0.3, 0.4) is 0 Å². The molecule has 0 spiro atoms. The third-order valence-corrected chi connectivity index (χ3v) is 2.44. The Balaban J connectivity index is 3.21. The normalized spacial score (nSPS) is 12.6. The van der Waals surface area contributed by atoms with Crippen LogP contribution in [0.4, 0.5) is 26.3 Å². The van der Waals surface area contributed by atoms with Crippen molar-refractivity contribution in [1.82, 2.24) is 0 Å². The molecule has 0 saturated carbocycles. The second kappa shape index (κ2) is 4.91. The third kappa shape index (κ3) is 4.01. The van der Waals surface area contributed by atoms with Gasteiger partial charge in [-0.3, -0.25) is 4.79 Å². The SMILES string of the molecule is O=C(CC(F)(F)F)c1ccc(Br)cc1C(F)(F)F. The summed E-state index contributed by atoms with van der Waals surface area (Å²) in [6.45, 7) is 0. The molecule has 0 aliphatic heterocycles. The molecule has 0 aliphatic rings. The zero-order valence-corrected chi connectivity index (χ0v) is 10.1. The lowest BCUT2D eigenvalue weighted by atomic mass is 10.0. The average molecular weight is 335 g/mol. The zero-order chi connectivity index (χ0) is 14.1. The van der Waals surface area contributed by atoms with Crippen molar-refractivity contribution in [3.8, 4) is 0 Å². The molecule has 0 unspecified atom stereocenters. The molecule has 1 aromatic carbocycles. The lowest BCUT2D eigenvalue weighted by Crippen LogP contribution is -2.19. The number of carbonyl (C=O) groups is 1. The van der Waals surface area contributed by atoms with Crippen molar-refractivity contribution in [3.05, 3.63) is 33.8 Å². The summed E-state index contributed by atoms with van der Waals surface area (Å²) in [5, 5.41) is 0. The van der Waals surface area contributed by atoms with E-state index in [0.717, 1.165) is 12.1 Å². The first kappa shape index (κ1) is 15.0. The number of alkyl halides is 6. The summed E-state index contributed by atoms with van der Waals surface area (Å²) in [5.74, 6) is -1.61. The molecule has 1 aromatic rings. The van der Waals surface area contributed by atoms with Crippen molar-refractivity contribution >= 4 is 21.7 Å². The van der Waals surface area contributed by atoms with E-state index in [1.54, 1.807) is 0 Å². The molecule has 18 heavy (non-hydrogen) atoms. The molecule has 8 heteroatoms. The van der Waals surface area contributed by atoms with Gasteiger partial charge in [-0.2, -0.15) is 26.3 Å². The minimum absolute atomic E-state index is 0.0263. The maximum absolute atomic E-state index is 12.6. The van der Waals surface area contributed by atoms with Crippen LogP contribution in [-0.2, 0) is 6.18 Å². The molecule has 0 saturated heterocycles. The topological polar surface area (TPSA) is 17.1 Å². The van der Waals surface area contributed by atoms with Crippen LogP contribution in [0.5, 0.6) is 0 Å². The summed E-state index contributed by atoms with van der Waals surface area (Å²) in [5.41, 5.74) is -2.37. The highest BCUT2D eigenvalue weighted by molar-refractivity contribution is 9.10. The largest absolute Gasteiger partial charge is 0.417 e. The van der Waals surface area contributed by atoms with Crippen molar-refractivity contribution in [3.63, 3.8) is 0 Å². The van der Waals surface area contributed by atoms with Gasteiger partial charge in [-0.25, -0.2) is 0 Å². The fraction of sp³-hybridized carbons (Fsp3) is 0.300. The van der Waals surface area contributed by atoms with Crippen LogP contribution in [0.1, 0.15) is 22.3 Å². The standard InChI is InChI=1S/C10H5BrF6O/c11-5-1-2-6(7(3-5)10(15,16)17)8(18)4-9(12,13)14/h1-3H,4H2. The minimum atomic E-state index is -4.89. The van der Waals surface area contributed by atoms with Crippen molar-refractivity contribution < 1.29 is 31.1 Å². The molecule has 100 valence electrons. The van der Waals surface area contributed by atoms with Gasteiger partial charge in [-0.15, -0.1) is 0 Å². The summed E-state index contributed by atoms with van der Waals surface area (Å²) in [4.78, 5) is 11.2. The molecule has 1 rings (SSSR count). The number of benzene rings is 1. The monoisotopic (exact) mass is 334 g/mol. The molecular formula is C10H5BrF6O. The van der Waals surface area contributed by atoms with Crippen LogP contribution in [0.25, 0.3) is 0 Å². The summed E-state index contributed by atoms with van der Waals surface area (Å²) >= 11 is 2.77. The first-order valence-electron chi connectivity index (χ1n) is 4.47.